The highest BCUT2D eigenvalue weighted by Gasteiger charge is 2.11. The van der Waals surface area contributed by atoms with E-state index >= 15 is 0 Å². The number of aromatic nitrogens is 3. The third-order valence-electron chi connectivity index (χ3n) is 2.60. The zero-order valence-corrected chi connectivity index (χ0v) is 9.45. The Hall–Kier alpha value is -2.69. The van der Waals surface area contributed by atoms with Crippen LogP contribution in [0.5, 0.6) is 0 Å². The van der Waals surface area contributed by atoms with E-state index in [9.17, 15) is 4.79 Å². The molecule has 3 rings (SSSR count). The molecular weight excluding hydrogens is 228 g/mol. The van der Waals surface area contributed by atoms with Crippen LogP contribution in [0.25, 0.3) is 11.4 Å². The minimum atomic E-state index is -0.184. The molecule has 1 N–H and O–H groups in total. The van der Waals surface area contributed by atoms with E-state index in [1.807, 2.05) is 24.3 Å². The summed E-state index contributed by atoms with van der Waals surface area (Å²) >= 11 is 0. The van der Waals surface area contributed by atoms with E-state index in [2.05, 4.69) is 15.4 Å². The number of hydrogen-bond donors (Lipinski definition) is 1. The van der Waals surface area contributed by atoms with E-state index in [0.717, 1.165) is 11.4 Å². The minimum Gasteiger partial charge on any atom is -0.267 e. The average molecular weight is 238 g/mol. The third kappa shape index (κ3) is 1.82. The number of nitrogens with zero attached hydrogens (tertiary/aromatic N) is 3. The molecule has 0 atom stereocenters. The zero-order valence-electron chi connectivity index (χ0n) is 9.45. The van der Waals surface area contributed by atoms with E-state index in [4.69, 9.17) is 0 Å². The van der Waals surface area contributed by atoms with Crippen molar-refractivity contribution in [1.29, 1.82) is 0 Å². The Morgan fingerprint density at radius 3 is 2.83 bits per heavy atom. The van der Waals surface area contributed by atoms with Gasteiger partial charge in [-0.15, -0.1) is 0 Å². The molecular formula is C13H10N4O. The van der Waals surface area contributed by atoms with Crippen molar-refractivity contribution in [3.05, 3.63) is 60.7 Å². The zero-order chi connectivity index (χ0) is 12.4. The van der Waals surface area contributed by atoms with Gasteiger partial charge in [0.25, 0.3) is 5.91 Å². The number of rotatable bonds is 2. The van der Waals surface area contributed by atoms with Gasteiger partial charge >= 0.3 is 0 Å². The molecule has 18 heavy (non-hydrogen) atoms. The van der Waals surface area contributed by atoms with Crippen molar-refractivity contribution in [2.24, 2.45) is 0 Å². The number of carbonyl (C=O) groups excluding carboxylic acids is 1. The molecule has 0 unspecified atom stereocenters. The average Bonchev–Trinajstić information content (AvgIpc) is 2.89. The summed E-state index contributed by atoms with van der Waals surface area (Å²) in [5.41, 5.74) is 4.92. The van der Waals surface area contributed by atoms with Crippen LogP contribution in [0, 0.1) is 0 Å². The lowest BCUT2D eigenvalue weighted by molar-refractivity contribution is 0.101. The van der Waals surface area contributed by atoms with Crippen LogP contribution in [0.4, 0.5) is 0 Å². The van der Waals surface area contributed by atoms with Gasteiger partial charge in [-0.25, -0.2) is 9.66 Å². The molecule has 5 nitrogen and oxygen atoms in total. The van der Waals surface area contributed by atoms with Gasteiger partial charge in [0.05, 0.1) is 11.9 Å². The molecule has 1 amide bonds. The van der Waals surface area contributed by atoms with Crippen molar-refractivity contribution in [3.63, 3.8) is 0 Å². The number of amides is 1. The topological polar surface area (TPSA) is 59.8 Å². The first kappa shape index (κ1) is 10.5. The predicted molar refractivity (Wildman–Crippen MR) is 66.8 cm³/mol. The van der Waals surface area contributed by atoms with Gasteiger partial charge < -0.3 is 0 Å². The van der Waals surface area contributed by atoms with Crippen molar-refractivity contribution >= 4 is 5.91 Å². The summed E-state index contributed by atoms with van der Waals surface area (Å²) in [6.07, 6.45) is 4.88. The molecule has 0 saturated heterocycles. The van der Waals surface area contributed by atoms with Crippen LogP contribution in [0.15, 0.2) is 55.1 Å². The first-order chi connectivity index (χ1) is 8.84. The van der Waals surface area contributed by atoms with Crippen LogP contribution in [0.3, 0.4) is 0 Å². The summed E-state index contributed by atoms with van der Waals surface area (Å²) in [6.45, 7) is 0. The highest BCUT2D eigenvalue weighted by atomic mass is 16.2. The van der Waals surface area contributed by atoms with Crippen LogP contribution < -0.4 is 5.43 Å². The van der Waals surface area contributed by atoms with Gasteiger partial charge in [-0.3, -0.25) is 15.2 Å². The Morgan fingerprint density at radius 1 is 1.17 bits per heavy atom. The lowest BCUT2D eigenvalue weighted by Crippen LogP contribution is -2.24. The van der Waals surface area contributed by atoms with Gasteiger partial charge in [0.1, 0.15) is 12.0 Å². The van der Waals surface area contributed by atoms with Crippen LogP contribution in [-0.4, -0.2) is 20.6 Å². The first-order valence-corrected chi connectivity index (χ1v) is 5.48. The molecule has 0 aromatic heterocycles. The van der Waals surface area contributed by atoms with Crippen molar-refractivity contribution in [1.82, 2.24) is 14.6 Å². The van der Waals surface area contributed by atoms with Crippen LogP contribution in [0.1, 0.15) is 10.4 Å². The maximum absolute atomic E-state index is 12.0. The highest BCUT2D eigenvalue weighted by molar-refractivity contribution is 6.00. The van der Waals surface area contributed by atoms with E-state index in [0.29, 0.717) is 5.56 Å². The Kier molecular flexibility index (Phi) is 2.49. The molecule has 0 spiro atoms. The van der Waals surface area contributed by atoms with Crippen molar-refractivity contribution < 1.29 is 4.79 Å². The van der Waals surface area contributed by atoms with Crippen LogP contribution in [-0.2, 0) is 0 Å². The smallest absolute Gasteiger partial charge is 0.267 e. The van der Waals surface area contributed by atoms with E-state index in [1.54, 1.807) is 35.5 Å². The van der Waals surface area contributed by atoms with Gasteiger partial charge in [0.15, 0.2) is 0 Å². The van der Waals surface area contributed by atoms with Gasteiger partial charge in [-0.05, 0) is 18.2 Å². The molecule has 5 heteroatoms. The van der Waals surface area contributed by atoms with E-state index < -0.39 is 0 Å². The van der Waals surface area contributed by atoms with Crippen molar-refractivity contribution in [2.75, 3.05) is 5.43 Å². The Morgan fingerprint density at radius 2 is 2.00 bits per heavy atom. The molecule has 0 bridgehead atoms. The van der Waals surface area contributed by atoms with E-state index in [1.165, 1.54) is 0 Å². The molecule has 2 aliphatic heterocycles. The predicted octanol–water partition coefficient (Wildman–Crippen LogP) is 1.77. The van der Waals surface area contributed by atoms with Crippen LogP contribution >= 0.6 is 0 Å². The number of nitrogens with one attached hydrogen (secondary N) is 1. The Labute approximate surface area is 103 Å². The second-order valence-corrected chi connectivity index (χ2v) is 3.79. The molecule has 2 heterocycles. The van der Waals surface area contributed by atoms with Gasteiger partial charge in [-0.1, -0.05) is 18.2 Å². The number of carbonyl (C=O) groups is 1. The normalized spacial score (nSPS) is 10.4. The molecule has 1 aromatic rings. The number of fused-ring (bicyclic) bond motifs is 1. The second kappa shape index (κ2) is 4.29. The molecule has 1 aromatic carbocycles. The Bertz CT molecular complexity index is 647. The quantitative estimate of drug-likeness (QED) is 0.740. The summed E-state index contributed by atoms with van der Waals surface area (Å²) in [5.74, 6) is -0.184. The SMILES string of the molecule is O=C(Nn1cncc2nccc1-2)c1ccccc1. The fraction of sp³-hybridized carbons (Fsp3) is 0. The monoisotopic (exact) mass is 238 g/mol. The molecule has 0 aliphatic carbocycles. The number of benzene rings is 1. The van der Waals surface area contributed by atoms with Gasteiger partial charge in [0, 0.05) is 11.8 Å². The Balaban J connectivity index is 1.90. The summed E-state index contributed by atoms with van der Waals surface area (Å²) in [4.78, 5) is 20.1. The lowest BCUT2D eigenvalue weighted by Gasteiger charge is -2.12. The van der Waals surface area contributed by atoms with E-state index in [-0.39, 0.29) is 5.91 Å². The highest BCUT2D eigenvalue weighted by Crippen LogP contribution is 2.16. The minimum absolute atomic E-state index is 0.184. The number of hydrogen-bond acceptors (Lipinski definition) is 3. The third-order valence-corrected chi connectivity index (χ3v) is 2.60. The van der Waals surface area contributed by atoms with Crippen molar-refractivity contribution in [3.8, 4) is 11.4 Å². The van der Waals surface area contributed by atoms with Gasteiger partial charge in [0.2, 0.25) is 0 Å². The maximum atomic E-state index is 12.0. The lowest BCUT2D eigenvalue weighted by atomic mass is 10.2. The summed E-state index contributed by atoms with van der Waals surface area (Å²) in [7, 11) is 0. The fourth-order valence-electron chi connectivity index (χ4n) is 1.73. The summed E-state index contributed by atoms with van der Waals surface area (Å²) in [6, 6.07) is 10.8. The van der Waals surface area contributed by atoms with Gasteiger partial charge in [-0.2, -0.15) is 0 Å². The standard InChI is InChI=1S/C13H10N4O/c18-13(10-4-2-1-3-5-10)16-17-9-14-8-11-12(17)6-7-15-11/h1-9H,(H,16,18). The maximum Gasteiger partial charge on any atom is 0.270 e. The first-order valence-electron chi connectivity index (χ1n) is 5.48. The molecule has 0 fully saturated rings. The molecule has 0 saturated carbocycles. The molecule has 88 valence electrons. The van der Waals surface area contributed by atoms with Crippen LogP contribution in [0.2, 0.25) is 0 Å². The van der Waals surface area contributed by atoms with Crippen molar-refractivity contribution in [2.45, 2.75) is 0 Å². The molecule has 0 radical (unpaired) electrons. The summed E-state index contributed by atoms with van der Waals surface area (Å²) < 4.78 is 1.57. The largest absolute Gasteiger partial charge is 0.270 e. The molecule has 2 aliphatic rings. The second-order valence-electron chi connectivity index (χ2n) is 3.79. The fourth-order valence-corrected chi connectivity index (χ4v) is 1.73. The summed E-state index contributed by atoms with van der Waals surface area (Å²) in [5, 5.41) is 0.